The third-order valence-corrected chi connectivity index (χ3v) is 6.28. The SMILES string of the molecule is CS(=O)(=O)Nc1cccc(C(=O)NNC(=O)c2cc3c(s2)CCCCCC3)c1. The monoisotopic (exact) mass is 421 g/mol. The van der Waals surface area contributed by atoms with Crippen molar-refractivity contribution in [3.63, 3.8) is 0 Å². The van der Waals surface area contributed by atoms with E-state index in [2.05, 4.69) is 15.6 Å². The van der Waals surface area contributed by atoms with E-state index >= 15 is 0 Å². The Kier molecular flexibility index (Phi) is 6.35. The predicted octanol–water partition coefficient (Wildman–Crippen LogP) is 2.85. The molecule has 1 heterocycles. The molecule has 1 aliphatic carbocycles. The van der Waals surface area contributed by atoms with E-state index in [0.717, 1.165) is 31.9 Å². The number of thiophene rings is 1. The van der Waals surface area contributed by atoms with Gasteiger partial charge in [-0.2, -0.15) is 0 Å². The first-order valence-corrected chi connectivity index (χ1v) is 11.8. The number of fused-ring (bicyclic) bond motifs is 1. The molecule has 3 N–H and O–H groups in total. The average molecular weight is 422 g/mol. The Bertz CT molecular complexity index is 957. The third kappa shape index (κ3) is 5.56. The number of carbonyl (C=O) groups excluding carboxylic acids is 2. The van der Waals surface area contributed by atoms with Crippen molar-refractivity contribution >= 4 is 38.9 Å². The van der Waals surface area contributed by atoms with Crippen LogP contribution in [0.5, 0.6) is 0 Å². The predicted molar refractivity (Wildman–Crippen MR) is 110 cm³/mol. The van der Waals surface area contributed by atoms with Crippen molar-refractivity contribution in [2.24, 2.45) is 0 Å². The number of sulfonamides is 1. The van der Waals surface area contributed by atoms with Crippen LogP contribution in [0.2, 0.25) is 0 Å². The summed E-state index contributed by atoms with van der Waals surface area (Å²) in [5, 5.41) is 0. The molecule has 0 aliphatic heterocycles. The zero-order chi connectivity index (χ0) is 20.1. The maximum Gasteiger partial charge on any atom is 0.279 e. The van der Waals surface area contributed by atoms with Crippen LogP contribution >= 0.6 is 11.3 Å². The van der Waals surface area contributed by atoms with Gasteiger partial charge in [-0.15, -0.1) is 11.3 Å². The second kappa shape index (κ2) is 8.74. The molecule has 2 aromatic rings. The molecule has 0 fully saturated rings. The first kappa shape index (κ1) is 20.3. The van der Waals surface area contributed by atoms with Crippen molar-refractivity contribution in [1.29, 1.82) is 0 Å². The van der Waals surface area contributed by atoms with Crippen LogP contribution < -0.4 is 15.6 Å². The summed E-state index contributed by atoms with van der Waals surface area (Å²) in [5.41, 5.74) is 6.57. The standard InChI is InChI=1S/C19H23N3O4S2/c1-28(25,26)22-15-9-6-8-14(11-15)18(23)20-21-19(24)17-12-13-7-4-2-3-5-10-16(13)27-17/h6,8-9,11-12,22H,2-5,7,10H2,1H3,(H,20,23)(H,21,24). The molecule has 1 aliphatic rings. The highest BCUT2D eigenvalue weighted by molar-refractivity contribution is 7.92. The fourth-order valence-corrected chi connectivity index (χ4v) is 4.85. The number of hydrazine groups is 1. The minimum atomic E-state index is -3.44. The van der Waals surface area contributed by atoms with Crippen LogP contribution in [-0.2, 0) is 22.9 Å². The molecule has 150 valence electrons. The van der Waals surface area contributed by atoms with Gasteiger partial charge in [0.2, 0.25) is 10.0 Å². The molecule has 0 radical (unpaired) electrons. The number of nitrogens with one attached hydrogen (secondary N) is 3. The number of rotatable bonds is 4. The number of carbonyl (C=O) groups is 2. The Morgan fingerprint density at radius 1 is 0.964 bits per heavy atom. The quantitative estimate of drug-likeness (QED) is 0.660. The van der Waals surface area contributed by atoms with Crippen molar-refractivity contribution in [1.82, 2.24) is 10.9 Å². The maximum atomic E-state index is 12.4. The summed E-state index contributed by atoms with van der Waals surface area (Å²) in [4.78, 5) is 26.5. The number of hydrogen-bond acceptors (Lipinski definition) is 5. The van der Waals surface area contributed by atoms with E-state index in [1.54, 1.807) is 6.07 Å². The van der Waals surface area contributed by atoms with Crippen LogP contribution in [0.25, 0.3) is 0 Å². The van der Waals surface area contributed by atoms with Crippen LogP contribution in [-0.4, -0.2) is 26.5 Å². The molecule has 7 nitrogen and oxygen atoms in total. The van der Waals surface area contributed by atoms with E-state index in [4.69, 9.17) is 0 Å². The van der Waals surface area contributed by atoms with E-state index in [1.807, 2.05) is 6.07 Å². The lowest BCUT2D eigenvalue weighted by atomic mass is 10.00. The number of benzene rings is 1. The van der Waals surface area contributed by atoms with Crippen LogP contribution in [0.15, 0.2) is 30.3 Å². The smallest absolute Gasteiger partial charge is 0.279 e. The van der Waals surface area contributed by atoms with Gasteiger partial charge in [-0.1, -0.05) is 18.9 Å². The van der Waals surface area contributed by atoms with Crippen LogP contribution in [0, 0.1) is 0 Å². The molecule has 0 unspecified atom stereocenters. The first-order chi connectivity index (χ1) is 13.3. The second-order valence-electron chi connectivity index (χ2n) is 6.84. The summed E-state index contributed by atoms with van der Waals surface area (Å²) in [6.07, 6.45) is 7.75. The molecule has 1 aromatic carbocycles. The molecule has 0 saturated carbocycles. The maximum absolute atomic E-state index is 12.4. The summed E-state index contributed by atoms with van der Waals surface area (Å²) in [6.45, 7) is 0. The van der Waals surface area contributed by atoms with Gasteiger partial charge in [0.15, 0.2) is 0 Å². The Morgan fingerprint density at radius 3 is 2.43 bits per heavy atom. The Balaban J connectivity index is 1.62. The highest BCUT2D eigenvalue weighted by Crippen LogP contribution is 2.28. The Morgan fingerprint density at radius 2 is 1.68 bits per heavy atom. The van der Waals surface area contributed by atoms with E-state index < -0.39 is 15.9 Å². The van der Waals surface area contributed by atoms with Crippen molar-refractivity contribution in [3.8, 4) is 0 Å². The molecule has 28 heavy (non-hydrogen) atoms. The molecule has 0 saturated heterocycles. The van der Waals surface area contributed by atoms with E-state index in [-0.39, 0.29) is 17.2 Å². The van der Waals surface area contributed by atoms with Gasteiger partial charge >= 0.3 is 0 Å². The lowest BCUT2D eigenvalue weighted by Crippen LogP contribution is -2.41. The minimum absolute atomic E-state index is 0.229. The van der Waals surface area contributed by atoms with Crippen molar-refractivity contribution < 1.29 is 18.0 Å². The fourth-order valence-electron chi connectivity index (χ4n) is 3.14. The van der Waals surface area contributed by atoms with Gasteiger partial charge in [0.25, 0.3) is 11.8 Å². The molecule has 0 bridgehead atoms. The second-order valence-corrected chi connectivity index (χ2v) is 9.72. The van der Waals surface area contributed by atoms with Crippen molar-refractivity contribution in [2.75, 3.05) is 11.0 Å². The molecular formula is C19H23N3O4S2. The average Bonchev–Trinajstić information content (AvgIpc) is 3.00. The topological polar surface area (TPSA) is 104 Å². The molecule has 2 amide bonds. The van der Waals surface area contributed by atoms with Gasteiger partial charge in [0.1, 0.15) is 0 Å². The zero-order valence-corrected chi connectivity index (χ0v) is 17.2. The van der Waals surface area contributed by atoms with Gasteiger partial charge in [0.05, 0.1) is 11.1 Å². The molecule has 3 rings (SSSR count). The molecule has 0 atom stereocenters. The molecule has 0 spiro atoms. The van der Waals surface area contributed by atoms with Crippen molar-refractivity contribution in [2.45, 2.75) is 38.5 Å². The van der Waals surface area contributed by atoms with E-state index in [9.17, 15) is 18.0 Å². The summed E-state index contributed by atoms with van der Waals surface area (Å²) in [5.74, 6) is -0.879. The van der Waals surface area contributed by atoms with Gasteiger partial charge in [-0.05, 0) is 55.5 Å². The van der Waals surface area contributed by atoms with Gasteiger partial charge < -0.3 is 0 Å². The van der Waals surface area contributed by atoms with E-state index in [0.29, 0.717) is 4.88 Å². The first-order valence-electron chi connectivity index (χ1n) is 9.12. The van der Waals surface area contributed by atoms with Crippen molar-refractivity contribution in [3.05, 3.63) is 51.2 Å². The number of amides is 2. The third-order valence-electron chi connectivity index (χ3n) is 4.44. The van der Waals surface area contributed by atoms with Crippen LogP contribution in [0.3, 0.4) is 0 Å². The number of hydrogen-bond donors (Lipinski definition) is 3. The fraction of sp³-hybridized carbons (Fsp3) is 0.368. The summed E-state index contributed by atoms with van der Waals surface area (Å²) in [7, 11) is -3.44. The van der Waals surface area contributed by atoms with Crippen LogP contribution in [0.1, 0.15) is 56.2 Å². The molecular weight excluding hydrogens is 398 g/mol. The summed E-state index contributed by atoms with van der Waals surface area (Å²) >= 11 is 1.48. The zero-order valence-electron chi connectivity index (χ0n) is 15.6. The van der Waals surface area contributed by atoms with Gasteiger partial charge in [-0.3, -0.25) is 25.2 Å². The minimum Gasteiger partial charge on any atom is -0.284 e. The summed E-state index contributed by atoms with van der Waals surface area (Å²) in [6, 6.07) is 7.95. The lowest BCUT2D eigenvalue weighted by Gasteiger charge is -2.08. The molecule has 9 heteroatoms. The highest BCUT2D eigenvalue weighted by Gasteiger charge is 2.17. The summed E-state index contributed by atoms with van der Waals surface area (Å²) < 4.78 is 24.9. The normalized spacial score (nSPS) is 14.3. The number of anilines is 1. The largest absolute Gasteiger partial charge is 0.284 e. The Labute approximate surface area is 168 Å². The van der Waals surface area contributed by atoms with Gasteiger partial charge in [0, 0.05) is 16.1 Å². The Hall–Kier alpha value is -2.39. The highest BCUT2D eigenvalue weighted by atomic mass is 32.2. The number of aryl methyl sites for hydroxylation is 2. The van der Waals surface area contributed by atoms with Crippen LogP contribution in [0.4, 0.5) is 5.69 Å². The van der Waals surface area contributed by atoms with Gasteiger partial charge in [-0.25, -0.2) is 8.42 Å². The lowest BCUT2D eigenvalue weighted by molar-refractivity contribution is 0.0849. The van der Waals surface area contributed by atoms with E-state index in [1.165, 1.54) is 52.8 Å². The molecule has 1 aromatic heterocycles.